The molecule has 0 amide bonds. The number of nitrogens with one attached hydrogen (secondary N) is 1. The van der Waals surface area contributed by atoms with Gasteiger partial charge in [-0.3, -0.25) is 0 Å². The molecule has 0 atom stereocenters. The number of nitrogens with zero attached hydrogens (tertiary/aromatic N) is 2. The number of imidazole rings is 1. The fourth-order valence-electron chi connectivity index (χ4n) is 1.92. The van der Waals surface area contributed by atoms with Crippen molar-refractivity contribution in [1.29, 1.82) is 5.26 Å². The monoisotopic (exact) mass is 233 g/mol. The van der Waals surface area contributed by atoms with Crippen molar-refractivity contribution in [3.8, 4) is 17.5 Å². The molecule has 3 nitrogen and oxygen atoms in total. The molecule has 1 aromatic heterocycles. The number of aromatic amines is 1. The van der Waals surface area contributed by atoms with Crippen LogP contribution in [0.15, 0.2) is 42.5 Å². The topological polar surface area (TPSA) is 52.5 Å². The van der Waals surface area contributed by atoms with Crippen LogP contribution in [0.25, 0.3) is 22.4 Å². The van der Waals surface area contributed by atoms with Crippen LogP contribution in [0, 0.1) is 18.3 Å². The molecule has 86 valence electrons. The third-order valence-corrected chi connectivity index (χ3v) is 2.94. The molecular formula is C15H11N3. The number of rotatable bonds is 1. The van der Waals surface area contributed by atoms with Gasteiger partial charge in [0, 0.05) is 5.56 Å². The zero-order chi connectivity index (χ0) is 12.5. The number of hydrogen-bond donors (Lipinski definition) is 1. The molecule has 0 aliphatic rings. The van der Waals surface area contributed by atoms with Crippen LogP contribution in [0.2, 0.25) is 0 Å². The van der Waals surface area contributed by atoms with Crippen LogP contribution in [0.5, 0.6) is 0 Å². The Morgan fingerprint density at radius 1 is 1.11 bits per heavy atom. The van der Waals surface area contributed by atoms with Crippen LogP contribution >= 0.6 is 0 Å². The van der Waals surface area contributed by atoms with Gasteiger partial charge >= 0.3 is 0 Å². The maximum Gasteiger partial charge on any atom is 0.138 e. The van der Waals surface area contributed by atoms with Crippen molar-refractivity contribution >= 4 is 11.0 Å². The number of aromatic nitrogens is 2. The highest BCUT2D eigenvalue weighted by atomic mass is 14.9. The van der Waals surface area contributed by atoms with Crippen LogP contribution in [0.4, 0.5) is 0 Å². The average molecular weight is 233 g/mol. The average Bonchev–Trinajstić information content (AvgIpc) is 2.82. The Kier molecular flexibility index (Phi) is 2.35. The summed E-state index contributed by atoms with van der Waals surface area (Å²) in [4.78, 5) is 7.78. The van der Waals surface area contributed by atoms with E-state index in [1.807, 2.05) is 18.2 Å². The zero-order valence-corrected chi connectivity index (χ0v) is 9.94. The molecule has 0 bridgehead atoms. The van der Waals surface area contributed by atoms with Gasteiger partial charge in [-0.05, 0) is 25.1 Å². The predicted octanol–water partition coefficient (Wildman–Crippen LogP) is 3.41. The van der Waals surface area contributed by atoms with E-state index < -0.39 is 0 Å². The van der Waals surface area contributed by atoms with E-state index in [2.05, 4.69) is 35.1 Å². The molecule has 0 fully saturated rings. The molecular weight excluding hydrogens is 222 g/mol. The van der Waals surface area contributed by atoms with Crippen LogP contribution in [-0.2, 0) is 0 Å². The van der Waals surface area contributed by atoms with Crippen LogP contribution in [0.1, 0.15) is 11.1 Å². The summed E-state index contributed by atoms with van der Waals surface area (Å²) in [6, 6.07) is 15.8. The molecule has 1 heterocycles. The molecule has 3 aromatic rings. The largest absolute Gasteiger partial charge is 0.338 e. The van der Waals surface area contributed by atoms with E-state index in [-0.39, 0.29) is 0 Å². The van der Waals surface area contributed by atoms with Crippen molar-refractivity contribution in [3.05, 3.63) is 53.6 Å². The smallest absolute Gasteiger partial charge is 0.138 e. The van der Waals surface area contributed by atoms with Gasteiger partial charge in [-0.25, -0.2) is 4.98 Å². The molecule has 18 heavy (non-hydrogen) atoms. The molecule has 1 N–H and O–H groups in total. The van der Waals surface area contributed by atoms with Crippen molar-refractivity contribution in [2.24, 2.45) is 0 Å². The molecule has 3 rings (SSSR count). The van der Waals surface area contributed by atoms with Gasteiger partial charge in [0.25, 0.3) is 0 Å². The quantitative estimate of drug-likeness (QED) is 0.700. The normalized spacial score (nSPS) is 10.4. The lowest BCUT2D eigenvalue weighted by Crippen LogP contribution is -1.80. The number of aryl methyl sites for hydroxylation is 1. The summed E-state index contributed by atoms with van der Waals surface area (Å²) in [7, 11) is 0. The van der Waals surface area contributed by atoms with Crippen LogP contribution in [0.3, 0.4) is 0 Å². The maximum absolute atomic E-state index is 8.86. The van der Waals surface area contributed by atoms with E-state index in [9.17, 15) is 0 Å². The van der Waals surface area contributed by atoms with Gasteiger partial charge in [0.05, 0.1) is 22.7 Å². The fraction of sp³-hybridized carbons (Fsp3) is 0.0667. The fourth-order valence-corrected chi connectivity index (χ4v) is 1.92. The van der Waals surface area contributed by atoms with Gasteiger partial charge in [0.15, 0.2) is 0 Å². The Hall–Kier alpha value is -2.60. The first-order valence-electron chi connectivity index (χ1n) is 5.73. The first kappa shape index (κ1) is 10.5. The van der Waals surface area contributed by atoms with E-state index in [1.54, 1.807) is 12.1 Å². The highest BCUT2D eigenvalue weighted by Gasteiger charge is 2.05. The standard InChI is InChI=1S/C15H11N3/c1-10-2-5-12(6-3-10)15-17-13-7-4-11(9-16)8-14(13)18-15/h2-8H,1H3,(H,17,18). The second-order valence-electron chi connectivity index (χ2n) is 4.30. The minimum absolute atomic E-state index is 0.629. The van der Waals surface area contributed by atoms with Crippen molar-refractivity contribution in [1.82, 2.24) is 9.97 Å². The minimum Gasteiger partial charge on any atom is -0.338 e. The van der Waals surface area contributed by atoms with Gasteiger partial charge in [0.2, 0.25) is 0 Å². The molecule has 0 aliphatic carbocycles. The number of fused-ring (bicyclic) bond motifs is 1. The first-order chi connectivity index (χ1) is 8.76. The molecule has 0 spiro atoms. The van der Waals surface area contributed by atoms with Gasteiger partial charge < -0.3 is 4.98 Å². The lowest BCUT2D eigenvalue weighted by Gasteiger charge is -1.96. The summed E-state index contributed by atoms with van der Waals surface area (Å²) in [6.45, 7) is 2.06. The number of H-pyrrole nitrogens is 1. The third kappa shape index (κ3) is 1.74. The van der Waals surface area contributed by atoms with E-state index in [4.69, 9.17) is 5.26 Å². The Morgan fingerprint density at radius 3 is 2.61 bits per heavy atom. The lowest BCUT2D eigenvalue weighted by atomic mass is 10.1. The Bertz CT molecular complexity index is 745. The zero-order valence-electron chi connectivity index (χ0n) is 9.94. The van der Waals surface area contributed by atoms with Gasteiger partial charge in [-0.1, -0.05) is 29.8 Å². The SMILES string of the molecule is Cc1ccc(-c2nc3cc(C#N)ccc3[nH]2)cc1. The van der Waals surface area contributed by atoms with E-state index in [0.717, 1.165) is 22.4 Å². The van der Waals surface area contributed by atoms with Crippen LogP contribution in [-0.4, -0.2) is 9.97 Å². The van der Waals surface area contributed by atoms with Crippen molar-refractivity contribution in [3.63, 3.8) is 0 Å². The predicted molar refractivity (Wildman–Crippen MR) is 71.0 cm³/mol. The molecule has 0 radical (unpaired) electrons. The van der Waals surface area contributed by atoms with E-state index in [1.165, 1.54) is 5.56 Å². The van der Waals surface area contributed by atoms with Crippen LogP contribution < -0.4 is 0 Å². The van der Waals surface area contributed by atoms with Gasteiger partial charge in [0.1, 0.15) is 5.82 Å². The minimum atomic E-state index is 0.629. The number of hydrogen-bond acceptors (Lipinski definition) is 2. The molecule has 0 saturated heterocycles. The first-order valence-corrected chi connectivity index (χ1v) is 5.73. The summed E-state index contributed by atoms with van der Waals surface area (Å²) in [5.41, 5.74) is 4.68. The molecule has 0 unspecified atom stereocenters. The molecule has 0 aliphatic heterocycles. The second kappa shape index (κ2) is 4.01. The maximum atomic E-state index is 8.86. The Morgan fingerprint density at radius 2 is 1.89 bits per heavy atom. The van der Waals surface area contributed by atoms with E-state index >= 15 is 0 Å². The molecule has 2 aromatic carbocycles. The second-order valence-corrected chi connectivity index (χ2v) is 4.30. The summed E-state index contributed by atoms with van der Waals surface area (Å²) >= 11 is 0. The summed E-state index contributed by atoms with van der Waals surface area (Å²) < 4.78 is 0. The Labute approximate surface area is 105 Å². The highest BCUT2D eigenvalue weighted by molar-refractivity contribution is 5.80. The Balaban J connectivity index is 2.13. The number of nitriles is 1. The van der Waals surface area contributed by atoms with Gasteiger partial charge in [-0.2, -0.15) is 5.26 Å². The van der Waals surface area contributed by atoms with Crippen molar-refractivity contribution in [2.75, 3.05) is 0 Å². The van der Waals surface area contributed by atoms with Crippen molar-refractivity contribution in [2.45, 2.75) is 6.92 Å². The third-order valence-electron chi connectivity index (χ3n) is 2.94. The molecule has 0 saturated carbocycles. The lowest BCUT2D eigenvalue weighted by molar-refractivity contribution is 1.33. The summed E-state index contributed by atoms with van der Waals surface area (Å²) in [5.74, 6) is 0.833. The number of benzene rings is 2. The summed E-state index contributed by atoms with van der Waals surface area (Å²) in [5, 5.41) is 8.86. The molecule has 3 heteroatoms. The van der Waals surface area contributed by atoms with Crippen molar-refractivity contribution < 1.29 is 0 Å². The van der Waals surface area contributed by atoms with Gasteiger partial charge in [-0.15, -0.1) is 0 Å². The highest BCUT2D eigenvalue weighted by Crippen LogP contribution is 2.21. The van der Waals surface area contributed by atoms with E-state index in [0.29, 0.717) is 5.56 Å². The summed E-state index contributed by atoms with van der Waals surface area (Å²) in [6.07, 6.45) is 0.